The first-order valence-electron chi connectivity index (χ1n) is 19.2. The van der Waals surface area contributed by atoms with Crippen molar-refractivity contribution in [3.05, 3.63) is 11.8 Å². The van der Waals surface area contributed by atoms with Crippen LogP contribution >= 0.6 is 0 Å². The number of hydrogen-bond acceptors (Lipinski definition) is 2. The minimum absolute atomic E-state index is 0. The molecular weight excluding hydrogens is 531 g/mol. The molecule has 0 aromatic rings. The van der Waals surface area contributed by atoms with E-state index >= 15 is 0 Å². The number of allylic oxidation sites excluding steroid dienone is 1. The Hall–Kier alpha value is -0.860. The molecule has 0 N–H and O–H groups in total. The van der Waals surface area contributed by atoms with Crippen molar-refractivity contribution in [3.63, 3.8) is 0 Å². The van der Waals surface area contributed by atoms with Crippen LogP contribution in [0.2, 0.25) is 0 Å². The van der Waals surface area contributed by atoms with Crippen LogP contribution in [0.25, 0.3) is 0 Å². The van der Waals surface area contributed by atoms with Crippen LogP contribution in [0.5, 0.6) is 0 Å². The smallest absolute Gasteiger partial charge is 0.116 e. The van der Waals surface area contributed by atoms with Crippen LogP contribution in [0.4, 0.5) is 4.70 Å². The summed E-state index contributed by atoms with van der Waals surface area (Å²) < 4.78 is 5.16. The lowest BCUT2D eigenvalue weighted by atomic mass is 9.73. The molecule has 0 aliphatic heterocycles. The van der Waals surface area contributed by atoms with Gasteiger partial charge >= 0.3 is 0 Å². The summed E-state index contributed by atoms with van der Waals surface area (Å²) in [6.45, 7) is 6.08. The molecule has 4 fully saturated rings. The van der Waals surface area contributed by atoms with E-state index in [0.29, 0.717) is 0 Å². The van der Waals surface area contributed by atoms with Crippen molar-refractivity contribution in [2.45, 2.75) is 194 Å². The van der Waals surface area contributed by atoms with Crippen molar-refractivity contribution in [2.24, 2.45) is 35.5 Å². The number of halogens is 1. The second-order valence-corrected chi connectivity index (χ2v) is 14.9. The Kier molecular flexibility index (Phi) is 24.6. The Bertz CT molecular complexity index is 643. The van der Waals surface area contributed by atoms with Crippen molar-refractivity contribution in [3.8, 4) is 0 Å². The Labute approximate surface area is 268 Å². The van der Waals surface area contributed by atoms with Gasteiger partial charge in [-0.05, 0) is 86.5 Å². The van der Waals surface area contributed by atoms with Crippen molar-refractivity contribution < 1.29 is 14.2 Å². The fraction of sp³-hybridized carbons (Fsp3) is 0.925. The molecule has 0 aromatic carbocycles. The molecule has 0 saturated heterocycles. The standard InChI is InChI=1S/C20H36O.C18H34.C2H4O.FH/c1-3-4-5-6-17-7-9-18(10-8-17)15-19-11-13-20(14-12-19)16-21-2;1-2-3-5-8-16-11-13-18(14-12-16)15-17-9-6-4-7-10-17;1-2-3;/h16-19H,3-15H2,1-2H3;16-18H,2-15H2,1H3;2H,1H3;1H. The van der Waals surface area contributed by atoms with Crippen LogP contribution < -0.4 is 0 Å². The topological polar surface area (TPSA) is 26.3 Å². The summed E-state index contributed by atoms with van der Waals surface area (Å²) in [4.78, 5) is 8.81. The van der Waals surface area contributed by atoms with Crippen LogP contribution in [0.15, 0.2) is 11.8 Å². The number of hydrogen-bond donors (Lipinski definition) is 0. The van der Waals surface area contributed by atoms with E-state index in [1.54, 1.807) is 52.1 Å². The summed E-state index contributed by atoms with van der Waals surface area (Å²) in [6.07, 6.45) is 42.9. The van der Waals surface area contributed by atoms with E-state index in [1.165, 1.54) is 141 Å². The maximum Gasteiger partial charge on any atom is 0.116 e. The summed E-state index contributed by atoms with van der Waals surface area (Å²) in [5.41, 5.74) is 1.54. The SMILES string of the molecule is CC=O.CCCCCC1CCC(CC2CCC(=COC)CC2)CC1.CCCCCC1CCC(CC2CCCCC2)CC1.F. The van der Waals surface area contributed by atoms with E-state index in [4.69, 9.17) is 9.53 Å². The summed E-state index contributed by atoms with van der Waals surface area (Å²) >= 11 is 0. The monoisotopic (exact) mass is 607 g/mol. The zero-order valence-corrected chi connectivity index (χ0v) is 29.4. The number of carbonyl (C=O) groups is 1. The number of ether oxygens (including phenoxy) is 1. The largest absolute Gasteiger partial charge is 0.504 e. The van der Waals surface area contributed by atoms with Gasteiger partial charge in [0.2, 0.25) is 0 Å². The normalized spacial score (nSPS) is 27.8. The molecule has 0 aromatic heterocycles. The van der Waals surface area contributed by atoms with Gasteiger partial charge in [-0.2, -0.15) is 0 Å². The molecular formula is C40H75FO2. The first kappa shape index (κ1) is 40.2. The first-order valence-corrected chi connectivity index (χ1v) is 19.2. The van der Waals surface area contributed by atoms with Gasteiger partial charge in [0.25, 0.3) is 0 Å². The maximum absolute atomic E-state index is 8.81. The molecule has 0 radical (unpaired) electrons. The van der Waals surface area contributed by atoms with Gasteiger partial charge in [0.05, 0.1) is 13.4 Å². The number of carbonyl (C=O) groups excluding carboxylic acids is 1. The van der Waals surface area contributed by atoms with Gasteiger partial charge in [0.15, 0.2) is 0 Å². The molecule has 0 heterocycles. The molecule has 4 rings (SSSR count). The van der Waals surface area contributed by atoms with Crippen LogP contribution in [0.1, 0.15) is 194 Å². The third-order valence-corrected chi connectivity index (χ3v) is 11.5. The molecule has 3 heteroatoms. The highest BCUT2D eigenvalue weighted by atomic mass is 19.0. The number of unbranched alkanes of at least 4 members (excludes halogenated alkanes) is 4. The third kappa shape index (κ3) is 18.6. The number of aldehydes is 1. The Morgan fingerprint density at radius 3 is 1.35 bits per heavy atom. The van der Waals surface area contributed by atoms with E-state index in [-0.39, 0.29) is 4.70 Å². The first-order chi connectivity index (χ1) is 20.6. The lowest BCUT2D eigenvalue weighted by Crippen LogP contribution is -2.19. The fourth-order valence-electron chi connectivity index (χ4n) is 8.81. The van der Waals surface area contributed by atoms with Gasteiger partial charge in [0, 0.05) is 0 Å². The lowest BCUT2D eigenvalue weighted by Gasteiger charge is -2.32. The molecule has 0 bridgehead atoms. The van der Waals surface area contributed by atoms with Gasteiger partial charge in [-0.25, -0.2) is 0 Å². The molecule has 4 saturated carbocycles. The molecule has 2 nitrogen and oxygen atoms in total. The van der Waals surface area contributed by atoms with Gasteiger partial charge < -0.3 is 9.53 Å². The van der Waals surface area contributed by atoms with E-state index in [0.717, 1.165) is 41.8 Å². The second-order valence-electron chi connectivity index (χ2n) is 14.9. The zero-order chi connectivity index (χ0) is 30.3. The summed E-state index contributed by atoms with van der Waals surface area (Å²) in [5, 5.41) is 0. The molecule has 0 spiro atoms. The van der Waals surface area contributed by atoms with Crippen LogP contribution in [-0.2, 0) is 9.53 Å². The third-order valence-electron chi connectivity index (χ3n) is 11.5. The predicted molar refractivity (Wildman–Crippen MR) is 186 cm³/mol. The second kappa shape index (κ2) is 26.4. The van der Waals surface area contributed by atoms with Gasteiger partial charge in [0.1, 0.15) is 6.29 Å². The van der Waals surface area contributed by atoms with Crippen molar-refractivity contribution >= 4 is 6.29 Å². The molecule has 0 unspecified atom stereocenters. The Morgan fingerprint density at radius 1 is 0.581 bits per heavy atom. The van der Waals surface area contributed by atoms with E-state index in [1.807, 2.05) is 6.26 Å². The van der Waals surface area contributed by atoms with Crippen molar-refractivity contribution in [1.29, 1.82) is 0 Å². The molecule has 43 heavy (non-hydrogen) atoms. The van der Waals surface area contributed by atoms with Crippen LogP contribution in [0, 0.1) is 35.5 Å². The van der Waals surface area contributed by atoms with Crippen LogP contribution in [-0.4, -0.2) is 13.4 Å². The predicted octanol–water partition coefficient (Wildman–Crippen LogP) is 13.2. The van der Waals surface area contributed by atoms with Gasteiger partial charge in [-0.1, -0.05) is 149 Å². The molecule has 4 aliphatic rings. The number of methoxy groups -OCH3 is 1. The van der Waals surface area contributed by atoms with Crippen molar-refractivity contribution in [1.82, 2.24) is 0 Å². The quantitative estimate of drug-likeness (QED) is 0.118. The highest BCUT2D eigenvalue weighted by molar-refractivity contribution is 5.44. The average molecular weight is 607 g/mol. The number of rotatable bonds is 13. The summed E-state index contributed by atoms with van der Waals surface area (Å²) in [5.74, 6) is 6.43. The molecule has 0 atom stereocenters. The summed E-state index contributed by atoms with van der Waals surface area (Å²) in [7, 11) is 1.78. The average Bonchev–Trinajstić information content (AvgIpc) is 3.02. The fourth-order valence-corrected chi connectivity index (χ4v) is 8.81. The van der Waals surface area contributed by atoms with Crippen LogP contribution in [0.3, 0.4) is 0 Å². The van der Waals surface area contributed by atoms with Gasteiger partial charge in [-0.15, -0.1) is 0 Å². The van der Waals surface area contributed by atoms with Crippen molar-refractivity contribution in [2.75, 3.05) is 7.11 Å². The van der Waals surface area contributed by atoms with E-state index in [2.05, 4.69) is 13.8 Å². The summed E-state index contributed by atoms with van der Waals surface area (Å²) in [6, 6.07) is 0. The molecule has 254 valence electrons. The highest BCUT2D eigenvalue weighted by Crippen LogP contribution is 2.40. The van der Waals surface area contributed by atoms with E-state index < -0.39 is 0 Å². The maximum atomic E-state index is 8.81. The Morgan fingerprint density at radius 2 is 0.953 bits per heavy atom. The minimum atomic E-state index is 0. The zero-order valence-electron chi connectivity index (χ0n) is 29.4. The van der Waals surface area contributed by atoms with Gasteiger partial charge in [-0.3, -0.25) is 4.70 Å². The minimum Gasteiger partial charge on any atom is -0.504 e. The van der Waals surface area contributed by atoms with E-state index in [9.17, 15) is 0 Å². The lowest BCUT2D eigenvalue weighted by molar-refractivity contribution is -0.106. The highest BCUT2D eigenvalue weighted by Gasteiger charge is 2.26. The Balaban J connectivity index is 0.000000389. The molecule has 4 aliphatic carbocycles. The molecule has 0 amide bonds.